The van der Waals surface area contributed by atoms with Crippen LogP contribution in [0.1, 0.15) is 29.4 Å². The number of rotatable bonds is 7. The van der Waals surface area contributed by atoms with Crippen LogP contribution in [0, 0.1) is 0 Å². The summed E-state index contributed by atoms with van der Waals surface area (Å²) in [5, 5.41) is 2.79. The number of hydrogen-bond donors (Lipinski definition) is 3. The molecule has 31 heavy (non-hydrogen) atoms. The van der Waals surface area contributed by atoms with Gasteiger partial charge in [0.05, 0.1) is 12.1 Å². The summed E-state index contributed by atoms with van der Waals surface area (Å²) in [5.41, 5.74) is 9.78. The number of benzene rings is 1. The van der Waals surface area contributed by atoms with Gasteiger partial charge in [0.25, 0.3) is 5.91 Å². The maximum Gasteiger partial charge on any atom is 0.416 e. The van der Waals surface area contributed by atoms with Gasteiger partial charge in [0.15, 0.2) is 0 Å². The molecule has 12 heteroatoms. The summed E-state index contributed by atoms with van der Waals surface area (Å²) in [7, 11) is 0. The first-order valence-corrected chi connectivity index (χ1v) is 9.36. The van der Waals surface area contributed by atoms with Crippen molar-refractivity contribution >= 4 is 23.6 Å². The zero-order valence-corrected chi connectivity index (χ0v) is 16.5. The first-order chi connectivity index (χ1) is 14.5. The van der Waals surface area contributed by atoms with Crippen molar-refractivity contribution < 1.29 is 27.5 Å². The van der Waals surface area contributed by atoms with Gasteiger partial charge in [-0.25, -0.2) is 4.98 Å². The minimum Gasteiger partial charge on any atom is -0.489 e. The van der Waals surface area contributed by atoms with Crippen LogP contribution >= 0.6 is 0 Å². The molecule has 1 aromatic carbocycles. The van der Waals surface area contributed by atoms with E-state index in [4.69, 9.17) is 16.2 Å². The van der Waals surface area contributed by atoms with Crippen molar-refractivity contribution in [2.45, 2.75) is 31.7 Å². The molecule has 166 valence electrons. The van der Waals surface area contributed by atoms with Crippen molar-refractivity contribution in [1.82, 2.24) is 9.97 Å². The first-order valence-electron chi connectivity index (χ1n) is 9.36. The number of amides is 2. The number of anilines is 2. The van der Waals surface area contributed by atoms with E-state index in [9.17, 15) is 22.8 Å². The van der Waals surface area contributed by atoms with Crippen LogP contribution in [0.5, 0.6) is 5.75 Å². The predicted molar refractivity (Wildman–Crippen MR) is 106 cm³/mol. The van der Waals surface area contributed by atoms with E-state index in [-0.39, 0.29) is 23.6 Å². The highest BCUT2D eigenvalue weighted by Crippen LogP contribution is 2.31. The van der Waals surface area contributed by atoms with E-state index in [2.05, 4.69) is 15.3 Å². The lowest BCUT2D eigenvalue weighted by Crippen LogP contribution is -2.33. The molecule has 0 spiro atoms. The summed E-state index contributed by atoms with van der Waals surface area (Å²) < 4.78 is 43.8. The fourth-order valence-corrected chi connectivity index (χ4v) is 2.99. The van der Waals surface area contributed by atoms with Crippen LogP contribution in [0.25, 0.3) is 0 Å². The molecule has 0 radical (unpaired) electrons. The van der Waals surface area contributed by atoms with Crippen LogP contribution in [0.2, 0.25) is 0 Å². The summed E-state index contributed by atoms with van der Waals surface area (Å²) in [6.45, 7) is 2.37. The SMILES string of the molecule is CC(Nc1cc(C(N)=O)nc(N2CC[C@@H](Oc3ccc(C(F)(F)F)cc3)C2)n1)C(N)=O. The molecule has 2 heterocycles. The minimum atomic E-state index is -4.41. The van der Waals surface area contributed by atoms with Crippen LogP contribution in [0.15, 0.2) is 30.3 Å². The van der Waals surface area contributed by atoms with Gasteiger partial charge >= 0.3 is 6.18 Å². The summed E-state index contributed by atoms with van der Waals surface area (Å²) in [6.07, 6.45) is -4.17. The number of nitrogens with zero attached hydrogens (tertiary/aromatic N) is 3. The van der Waals surface area contributed by atoms with E-state index in [1.165, 1.54) is 25.1 Å². The lowest BCUT2D eigenvalue weighted by molar-refractivity contribution is -0.137. The predicted octanol–water partition coefficient (Wildman–Crippen LogP) is 1.54. The molecule has 1 fully saturated rings. The largest absolute Gasteiger partial charge is 0.489 e. The molecule has 1 aliphatic rings. The minimum absolute atomic E-state index is 0.0451. The van der Waals surface area contributed by atoms with Crippen LogP contribution < -0.4 is 26.4 Å². The number of primary amides is 2. The molecule has 2 amide bonds. The summed E-state index contributed by atoms with van der Waals surface area (Å²) in [4.78, 5) is 33.1. The Morgan fingerprint density at radius 3 is 2.48 bits per heavy atom. The zero-order chi connectivity index (χ0) is 22.8. The highest BCUT2D eigenvalue weighted by Gasteiger charge is 2.31. The van der Waals surface area contributed by atoms with Crippen molar-refractivity contribution in [3.8, 4) is 5.75 Å². The van der Waals surface area contributed by atoms with Gasteiger partial charge in [0.1, 0.15) is 29.4 Å². The Labute approximate surface area is 175 Å². The molecular formula is C19H21F3N6O3. The zero-order valence-electron chi connectivity index (χ0n) is 16.5. The molecule has 3 rings (SSSR count). The second-order valence-corrected chi connectivity index (χ2v) is 7.07. The molecule has 0 aliphatic carbocycles. The van der Waals surface area contributed by atoms with Gasteiger partial charge in [-0.05, 0) is 31.2 Å². The van der Waals surface area contributed by atoms with E-state index < -0.39 is 29.6 Å². The van der Waals surface area contributed by atoms with Gasteiger partial charge in [-0.15, -0.1) is 0 Å². The Hall–Kier alpha value is -3.57. The van der Waals surface area contributed by atoms with E-state index in [0.29, 0.717) is 25.3 Å². The van der Waals surface area contributed by atoms with Crippen molar-refractivity contribution in [3.63, 3.8) is 0 Å². The van der Waals surface area contributed by atoms with Crippen molar-refractivity contribution in [3.05, 3.63) is 41.6 Å². The maximum absolute atomic E-state index is 12.7. The smallest absolute Gasteiger partial charge is 0.416 e. The standard InChI is InChI=1S/C19H21F3N6O3/c1-10(16(23)29)25-15-8-14(17(24)30)26-18(27-15)28-7-6-13(9-28)31-12-4-2-11(3-5-12)19(20,21)22/h2-5,8,10,13H,6-7,9H2,1H3,(H2,23,29)(H2,24,30)(H,25,26,27)/t10?,13-/m1/s1. The third kappa shape index (κ3) is 5.53. The van der Waals surface area contributed by atoms with Gasteiger partial charge in [0.2, 0.25) is 11.9 Å². The highest BCUT2D eigenvalue weighted by atomic mass is 19.4. The van der Waals surface area contributed by atoms with E-state index in [0.717, 1.165) is 12.1 Å². The third-order valence-corrected chi connectivity index (χ3v) is 4.67. The second-order valence-electron chi connectivity index (χ2n) is 7.07. The molecule has 2 aromatic rings. The molecule has 5 N–H and O–H groups in total. The molecule has 0 bridgehead atoms. The first kappa shape index (κ1) is 22.1. The van der Waals surface area contributed by atoms with Gasteiger partial charge in [-0.2, -0.15) is 18.2 Å². The Kier molecular flexibility index (Phi) is 6.18. The number of hydrogen-bond acceptors (Lipinski definition) is 7. The molecule has 1 aliphatic heterocycles. The van der Waals surface area contributed by atoms with Crippen LogP contribution in [0.3, 0.4) is 0 Å². The van der Waals surface area contributed by atoms with Crippen molar-refractivity contribution in [2.24, 2.45) is 11.5 Å². The van der Waals surface area contributed by atoms with Crippen LogP contribution in [0.4, 0.5) is 24.9 Å². The molecule has 0 saturated carbocycles. The lowest BCUT2D eigenvalue weighted by Gasteiger charge is -2.19. The molecule has 1 saturated heterocycles. The van der Waals surface area contributed by atoms with Gasteiger partial charge < -0.3 is 26.4 Å². The summed E-state index contributed by atoms with van der Waals surface area (Å²) in [5.74, 6) is -0.655. The van der Waals surface area contributed by atoms with E-state index >= 15 is 0 Å². The Bertz CT molecular complexity index is 967. The number of nitrogens with one attached hydrogen (secondary N) is 1. The Balaban J connectivity index is 1.71. The average Bonchev–Trinajstić information content (AvgIpc) is 3.16. The van der Waals surface area contributed by atoms with E-state index in [1.54, 1.807) is 4.90 Å². The molecule has 9 nitrogen and oxygen atoms in total. The fraction of sp³-hybridized carbons (Fsp3) is 0.368. The topological polar surface area (TPSA) is 136 Å². The number of nitrogens with two attached hydrogens (primary N) is 2. The molecular weight excluding hydrogens is 417 g/mol. The van der Waals surface area contributed by atoms with E-state index in [1.807, 2.05) is 0 Å². The molecule has 1 aromatic heterocycles. The average molecular weight is 438 g/mol. The molecule has 2 atom stereocenters. The van der Waals surface area contributed by atoms with Crippen molar-refractivity contribution in [1.29, 1.82) is 0 Å². The van der Waals surface area contributed by atoms with Gasteiger partial charge in [-0.1, -0.05) is 0 Å². The maximum atomic E-state index is 12.7. The van der Waals surface area contributed by atoms with Gasteiger partial charge in [-0.3, -0.25) is 9.59 Å². The summed E-state index contributed by atoms with van der Waals surface area (Å²) >= 11 is 0. The number of halogens is 3. The number of carbonyl (C=O) groups excluding carboxylic acids is 2. The number of alkyl halides is 3. The highest BCUT2D eigenvalue weighted by molar-refractivity contribution is 5.92. The Morgan fingerprint density at radius 1 is 1.23 bits per heavy atom. The summed E-state index contributed by atoms with van der Waals surface area (Å²) in [6, 6.07) is 5.03. The Morgan fingerprint density at radius 2 is 1.90 bits per heavy atom. The number of ether oxygens (including phenoxy) is 1. The number of aromatic nitrogens is 2. The third-order valence-electron chi connectivity index (χ3n) is 4.67. The van der Waals surface area contributed by atoms with Gasteiger partial charge in [0, 0.05) is 19.0 Å². The van der Waals surface area contributed by atoms with Crippen LogP contribution in [-0.4, -0.2) is 47.0 Å². The fourth-order valence-electron chi connectivity index (χ4n) is 2.99. The normalized spacial score (nSPS) is 17.3. The molecule has 1 unspecified atom stereocenters. The second kappa shape index (κ2) is 8.66. The monoisotopic (exact) mass is 438 g/mol. The quantitative estimate of drug-likeness (QED) is 0.596. The van der Waals surface area contributed by atoms with Crippen molar-refractivity contribution in [2.75, 3.05) is 23.3 Å². The number of carbonyl (C=O) groups is 2. The lowest BCUT2D eigenvalue weighted by atomic mass is 10.2. The van der Waals surface area contributed by atoms with Crippen LogP contribution in [-0.2, 0) is 11.0 Å².